The maximum Gasteiger partial charge on any atom is 0.313 e. The van der Waals surface area contributed by atoms with E-state index in [0.29, 0.717) is 0 Å². The molecule has 1 aliphatic rings. The van der Waals surface area contributed by atoms with Crippen molar-refractivity contribution in [1.29, 1.82) is 0 Å². The normalized spacial score (nSPS) is 26.5. The minimum Gasteiger partial charge on any atom is -0.481 e. The van der Waals surface area contributed by atoms with Crippen LogP contribution in [0.15, 0.2) is 5.11 Å². The molecule has 0 aromatic rings. The molecule has 1 fully saturated rings. The molecule has 1 heterocycles. The van der Waals surface area contributed by atoms with Gasteiger partial charge in [0, 0.05) is 21.8 Å². The lowest BCUT2D eigenvalue weighted by atomic mass is 9.86. The average Bonchev–Trinajstić information content (AvgIpc) is 1.94. The second-order valence-electron chi connectivity index (χ2n) is 3.69. The Kier molecular flexibility index (Phi) is 2.64. The van der Waals surface area contributed by atoms with Crippen LogP contribution >= 0.6 is 10.6 Å². The molecule has 0 bridgehead atoms. The van der Waals surface area contributed by atoms with Crippen molar-refractivity contribution in [2.75, 3.05) is 11.5 Å². The third-order valence-electron chi connectivity index (χ3n) is 2.18. The van der Waals surface area contributed by atoms with Crippen LogP contribution in [-0.4, -0.2) is 37.7 Å². The van der Waals surface area contributed by atoms with Crippen LogP contribution in [0.3, 0.4) is 0 Å². The van der Waals surface area contributed by atoms with E-state index in [1.807, 2.05) is 0 Å². The van der Waals surface area contributed by atoms with Crippen molar-refractivity contribution >= 4 is 16.6 Å². The lowest BCUT2D eigenvalue weighted by Crippen LogP contribution is -2.53. The molecule has 3 N–H and O–H groups in total. The van der Waals surface area contributed by atoms with Gasteiger partial charge in [-0.05, 0) is 5.53 Å². The summed E-state index contributed by atoms with van der Waals surface area (Å²) in [5, 5.41) is 11.9. The first-order valence-electron chi connectivity index (χ1n) is 3.81. The summed E-state index contributed by atoms with van der Waals surface area (Å²) in [5.41, 5.74) is 7.34. The number of aliphatic carboxylic acids is 1. The van der Waals surface area contributed by atoms with Crippen molar-refractivity contribution in [2.45, 2.75) is 13.0 Å². The highest BCUT2D eigenvalue weighted by molar-refractivity contribution is 8.25. The highest BCUT2D eigenvalue weighted by Crippen LogP contribution is 2.60. The van der Waals surface area contributed by atoms with Crippen molar-refractivity contribution in [2.24, 2.45) is 10.5 Å². The number of carboxylic acid groups (broad SMARTS) is 1. The summed E-state index contributed by atoms with van der Waals surface area (Å²) >= 11 is 0. The van der Waals surface area contributed by atoms with Gasteiger partial charge in [-0.2, -0.15) is 10.6 Å². The van der Waals surface area contributed by atoms with Gasteiger partial charge in [0.05, 0.1) is 0 Å². The van der Waals surface area contributed by atoms with E-state index in [4.69, 9.17) is 19.7 Å². The van der Waals surface area contributed by atoms with Crippen LogP contribution in [0.4, 0.5) is 0 Å². The molecular weight excluding hydrogens is 210 g/mol. The Hall–Kier alpha value is -0.950. The van der Waals surface area contributed by atoms with Crippen molar-refractivity contribution in [3.05, 3.63) is 10.4 Å². The third kappa shape index (κ3) is 1.93. The lowest BCUT2D eigenvalue weighted by molar-refractivity contribution is -0.141. The topological polar surface area (TPSA) is 127 Å². The van der Waals surface area contributed by atoms with Gasteiger partial charge < -0.3 is 5.11 Å². The van der Waals surface area contributed by atoms with Crippen molar-refractivity contribution in [3.8, 4) is 0 Å². The molecule has 1 unspecified atom stereocenters. The lowest BCUT2D eigenvalue weighted by Gasteiger charge is -2.55. The Morgan fingerprint density at radius 2 is 2.14 bits per heavy atom. The van der Waals surface area contributed by atoms with Crippen LogP contribution in [-0.2, 0) is 4.79 Å². The Bertz CT molecular complexity index is 302. The first-order valence-corrected chi connectivity index (χ1v) is 5.70. The Balaban J connectivity index is 2.81. The molecule has 14 heavy (non-hydrogen) atoms. The van der Waals surface area contributed by atoms with Crippen molar-refractivity contribution in [3.63, 3.8) is 0 Å². The van der Waals surface area contributed by atoms with Gasteiger partial charge in [0.2, 0.25) is 0 Å². The van der Waals surface area contributed by atoms with Crippen LogP contribution in [0.1, 0.15) is 6.92 Å². The molecule has 8 heteroatoms. The Morgan fingerprint density at radius 1 is 1.64 bits per heavy atom. The van der Waals surface area contributed by atoms with E-state index in [9.17, 15) is 4.79 Å². The predicted octanol–water partition coefficient (Wildman–Crippen LogP) is 1.52. The number of nitrogens with zero attached hydrogens (tertiary/aromatic N) is 3. The summed E-state index contributed by atoms with van der Waals surface area (Å²) in [6, 6.07) is -1.23. The molecule has 1 saturated heterocycles. The van der Waals surface area contributed by atoms with E-state index < -0.39 is 28.0 Å². The SMILES string of the molecule is CC1(C(N=[N+]=[N-])C(=O)O)CS(O)(O)C1. The van der Waals surface area contributed by atoms with Gasteiger partial charge in [0.1, 0.15) is 6.04 Å². The van der Waals surface area contributed by atoms with E-state index in [0.717, 1.165) is 0 Å². The summed E-state index contributed by atoms with van der Waals surface area (Å²) < 4.78 is 18.3. The quantitative estimate of drug-likeness (QED) is 0.379. The molecule has 0 aromatic heterocycles. The molecule has 1 aliphatic heterocycles. The number of carbonyl (C=O) groups is 1. The van der Waals surface area contributed by atoms with E-state index in [2.05, 4.69) is 10.0 Å². The number of azide groups is 1. The second kappa shape index (κ2) is 3.32. The predicted molar refractivity (Wildman–Crippen MR) is 51.3 cm³/mol. The van der Waals surface area contributed by atoms with Gasteiger partial charge in [0.25, 0.3) is 0 Å². The zero-order chi connectivity index (χ0) is 11.0. The fraction of sp³-hybridized carbons (Fsp3) is 0.833. The maximum absolute atomic E-state index is 10.7. The minimum atomic E-state index is -2.63. The van der Waals surface area contributed by atoms with Gasteiger partial charge >= 0.3 is 5.97 Å². The average molecular weight is 221 g/mol. The number of rotatable bonds is 3. The molecule has 0 saturated carbocycles. The van der Waals surface area contributed by atoms with Crippen LogP contribution in [0.5, 0.6) is 0 Å². The van der Waals surface area contributed by atoms with Crippen LogP contribution < -0.4 is 0 Å². The van der Waals surface area contributed by atoms with E-state index >= 15 is 0 Å². The summed E-state index contributed by atoms with van der Waals surface area (Å²) in [6.45, 7) is 1.57. The van der Waals surface area contributed by atoms with E-state index in [-0.39, 0.29) is 11.5 Å². The Labute approximate surface area is 81.7 Å². The molecule has 0 aromatic carbocycles. The number of carboxylic acids is 1. The molecule has 0 spiro atoms. The third-order valence-corrected chi connectivity index (χ3v) is 4.43. The zero-order valence-electron chi connectivity index (χ0n) is 7.49. The summed E-state index contributed by atoms with van der Waals surface area (Å²) in [5.74, 6) is -1.27. The fourth-order valence-corrected chi connectivity index (χ4v) is 4.05. The molecule has 0 aliphatic carbocycles. The molecule has 7 nitrogen and oxygen atoms in total. The molecule has 0 amide bonds. The summed E-state index contributed by atoms with van der Waals surface area (Å²) in [4.78, 5) is 13.2. The maximum atomic E-state index is 10.7. The molecule has 1 rings (SSSR count). The largest absolute Gasteiger partial charge is 0.481 e. The van der Waals surface area contributed by atoms with Crippen LogP contribution in [0.25, 0.3) is 10.4 Å². The molecule has 80 valence electrons. The fourth-order valence-electron chi connectivity index (χ4n) is 1.71. The monoisotopic (exact) mass is 221 g/mol. The second-order valence-corrected chi connectivity index (χ2v) is 5.87. The zero-order valence-corrected chi connectivity index (χ0v) is 8.31. The molecule has 0 radical (unpaired) electrons. The van der Waals surface area contributed by atoms with Gasteiger partial charge in [-0.25, -0.2) is 0 Å². The standard InChI is InChI=1S/C6H11N3O4S/c1-6(2-14(12,13)3-6)4(5(10)11)8-9-7/h4,12-13H,2-3H2,1H3,(H,10,11). The van der Waals surface area contributed by atoms with Crippen molar-refractivity contribution < 1.29 is 19.0 Å². The molecule has 1 atom stereocenters. The summed E-state index contributed by atoms with van der Waals surface area (Å²) in [7, 11) is -2.63. The van der Waals surface area contributed by atoms with Crippen molar-refractivity contribution in [1.82, 2.24) is 0 Å². The first-order chi connectivity index (χ1) is 6.31. The minimum absolute atomic E-state index is 0.0179. The smallest absolute Gasteiger partial charge is 0.313 e. The van der Waals surface area contributed by atoms with Gasteiger partial charge in [-0.3, -0.25) is 13.9 Å². The van der Waals surface area contributed by atoms with Gasteiger partial charge in [0.15, 0.2) is 0 Å². The highest BCUT2D eigenvalue weighted by Gasteiger charge is 2.52. The van der Waals surface area contributed by atoms with Gasteiger partial charge in [-0.15, -0.1) is 0 Å². The number of hydrogen-bond acceptors (Lipinski definition) is 4. The number of hydrogen-bond donors (Lipinski definition) is 3. The highest BCUT2D eigenvalue weighted by atomic mass is 32.3. The molecular formula is C6H11N3O4S. The summed E-state index contributed by atoms with van der Waals surface area (Å²) in [6.07, 6.45) is 0. The Morgan fingerprint density at radius 3 is 2.43 bits per heavy atom. The van der Waals surface area contributed by atoms with Crippen LogP contribution in [0.2, 0.25) is 0 Å². The van der Waals surface area contributed by atoms with E-state index in [1.54, 1.807) is 6.92 Å². The van der Waals surface area contributed by atoms with Crippen LogP contribution in [0, 0.1) is 5.41 Å². The van der Waals surface area contributed by atoms with Gasteiger partial charge in [-0.1, -0.05) is 12.0 Å². The van der Waals surface area contributed by atoms with E-state index in [1.165, 1.54) is 0 Å². The first kappa shape index (κ1) is 11.1.